The van der Waals surface area contributed by atoms with Crippen LogP contribution in [-0.4, -0.2) is 41.9 Å². The van der Waals surface area contributed by atoms with Crippen LogP contribution in [0.15, 0.2) is 30.3 Å². The quantitative estimate of drug-likeness (QED) is 0.505. The molecule has 0 spiro atoms. The van der Waals surface area contributed by atoms with Crippen LogP contribution in [0.5, 0.6) is 0 Å². The molecule has 6 amide bonds. The monoisotopic (exact) mass is 360 g/mol. The normalized spacial score (nSPS) is 19.2. The number of nitrogens with zero attached hydrogens (tertiary/aromatic N) is 1. The number of unbranched alkanes of at least 4 members (excludes halogenated alkanes) is 1. The van der Waals surface area contributed by atoms with Crippen LogP contribution in [0.1, 0.15) is 38.7 Å². The topological polar surface area (TPSA) is 108 Å². The summed E-state index contributed by atoms with van der Waals surface area (Å²) in [4.78, 5) is 49.6. The average molecular weight is 360 g/mol. The molecular formula is C18H24N4O4. The molecule has 1 aliphatic heterocycles. The number of hydrogen-bond donors (Lipinski definition) is 3. The summed E-state index contributed by atoms with van der Waals surface area (Å²) in [6.07, 6.45) is 2.05. The van der Waals surface area contributed by atoms with Gasteiger partial charge < -0.3 is 10.6 Å². The first kappa shape index (κ1) is 19.4. The third kappa shape index (κ3) is 4.01. The Balaban J connectivity index is 2.04. The standard InChI is InChI=1S/C18H24N4O4/c1-3-5-11-19-16(25)20-14(23)12-22-15(24)18(4-2,21-17(22)26)13-9-7-6-8-10-13/h6-10H,3-5,11-12H2,1-2H3,(H,21,26)(H2,19,20,23,25)/t18-/m1/s1. The van der Waals surface area contributed by atoms with E-state index in [0.717, 1.165) is 17.7 Å². The van der Waals surface area contributed by atoms with E-state index >= 15 is 0 Å². The van der Waals surface area contributed by atoms with E-state index in [1.165, 1.54) is 0 Å². The second-order valence-corrected chi connectivity index (χ2v) is 6.10. The number of benzene rings is 1. The Morgan fingerprint density at radius 2 is 1.85 bits per heavy atom. The Kier molecular flexibility index (Phi) is 6.32. The number of rotatable bonds is 7. The Labute approximate surface area is 152 Å². The molecule has 0 saturated carbocycles. The van der Waals surface area contributed by atoms with Gasteiger partial charge in [0.25, 0.3) is 5.91 Å². The lowest BCUT2D eigenvalue weighted by Crippen LogP contribution is -2.47. The molecule has 8 nitrogen and oxygen atoms in total. The highest BCUT2D eigenvalue weighted by molar-refractivity contribution is 6.10. The first-order valence-electron chi connectivity index (χ1n) is 8.72. The van der Waals surface area contributed by atoms with Crippen molar-refractivity contribution >= 4 is 23.9 Å². The number of carbonyl (C=O) groups is 4. The van der Waals surface area contributed by atoms with Crippen LogP contribution in [-0.2, 0) is 15.1 Å². The highest BCUT2D eigenvalue weighted by Gasteiger charge is 2.51. The van der Waals surface area contributed by atoms with E-state index in [4.69, 9.17) is 0 Å². The van der Waals surface area contributed by atoms with E-state index in [9.17, 15) is 19.2 Å². The van der Waals surface area contributed by atoms with E-state index < -0.39 is 36.0 Å². The van der Waals surface area contributed by atoms with Gasteiger partial charge in [0.15, 0.2) is 0 Å². The van der Waals surface area contributed by atoms with Crippen molar-refractivity contribution in [3.63, 3.8) is 0 Å². The predicted octanol–water partition coefficient (Wildman–Crippen LogP) is 1.47. The maximum atomic E-state index is 12.9. The summed E-state index contributed by atoms with van der Waals surface area (Å²) in [7, 11) is 0. The lowest BCUT2D eigenvalue weighted by Gasteiger charge is -2.25. The summed E-state index contributed by atoms with van der Waals surface area (Å²) < 4.78 is 0. The molecule has 1 aromatic carbocycles. The zero-order valence-corrected chi connectivity index (χ0v) is 15.0. The average Bonchev–Trinajstić information content (AvgIpc) is 2.87. The summed E-state index contributed by atoms with van der Waals surface area (Å²) in [5.74, 6) is -1.22. The second-order valence-electron chi connectivity index (χ2n) is 6.10. The van der Waals surface area contributed by atoms with Gasteiger partial charge in [-0.25, -0.2) is 9.59 Å². The summed E-state index contributed by atoms with van der Waals surface area (Å²) in [5.41, 5.74) is -0.539. The van der Waals surface area contributed by atoms with Gasteiger partial charge in [-0.05, 0) is 18.4 Å². The molecule has 2 rings (SSSR count). The molecule has 0 radical (unpaired) electrons. The van der Waals surface area contributed by atoms with E-state index in [1.807, 2.05) is 13.0 Å². The van der Waals surface area contributed by atoms with Crippen LogP contribution in [0.3, 0.4) is 0 Å². The molecule has 0 bridgehead atoms. The predicted molar refractivity (Wildman–Crippen MR) is 95.1 cm³/mol. The van der Waals surface area contributed by atoms with Crippen molar-refractivity contribution in [2.45, 2.75) is 38.6 Å². The van der Waals surface area contributed by atoms with Crippen molar-refractivity contribution in [1.82, 2.24) is 20.9 Å². The fourth-order valence-corrected chi connectivity index (χ4v) is 2.86. The highest BCUT2D eigenvalue weighted by atomic mass is 16.2. The van der Waals surface area contributed by atoms with Crippen molar-refractivity contribution in [1.29, 1.82) is 0 Å². The van der Waals surface area contributed by atoms with Crippen LogP contribution >= 0.6 is 0 Å². The Hall–Kier alpha value is -2.90. The minimum Gasteiger partial charge on any atom is -0.338 e. The number of hydrogen-bond acceptors (Lipinski definition) is 4. The van der Waals surface area contributed by atoms with Crippen molar-refractivity contribution < 1.29 is 19.2 Å². The molecule has 140 valence electrons. The number of carbonyl (C=O) groups excluding carboxylic acids is 4. The summed E-state index contributed by atoms with van der Waals surface area (Å²) in [6.45, 7) is 3.71. The molecule has 1 aromatic rings. The van der Waals surface area contributed by atoms with Gasteiger partial charge in [0.05, 0.1) is 0 Å². The summed E-state index contributed by atoms with van der Waals surface area (Å²) in [6, 6.07) is 7.60. The molecule has 1 fully saturated rings. The SMILES string of the molecule is CCCCNC(=O)NC(=O)CN1C(=O)N[C@](CC)(c2ccccc2)C1=O. The molecule has 26 heavy (non-hydrogen) atoms. The Bertz CT molecular complexity index is 692. The first-order valence-corrected chi connectivity index (χ1v) is 8.72. The van der Waals surface area contributed by atoms with E-state index in [-0.39, 0.29) is 0 Å². The lowest BCUT2D eigenvalue weighted by atomic mass is 9.87. The van der Waals surface area contributed by atoms with Crippen molar-refractivity contribution in [2.24, 2.45) is 0 Å². The zero-order chi connectivity index (χ0) is 19.2. The minimum absolute atomic E-state index is 0.344. The van der Waals surface area contributed by atoms with Gasteiger partial charge in [0.2, 0.25) is 5.91 Å². The van der Waals surface area contributed by atoms with Crippen molar-refractivity contribution in [3.05, 3.63) is 35.9 Å². The smallest absolute Gasteiger partial charge is 0.325 e. The molecule has 1 heterocycles. The summed E-state index contributed by atoms with van der Waals surface area (Å²) in [5, 5.41) is 7.36. The molecule has 1 aliphatic rings. The highest BCUT2D eigenvalue weighted by Crippen LogP contribution is 2.32. The molecule has 1 saturated heterocycles. The maximum absolute atomic E-state index is 12.9. The molecule has 0 unspecified atom stereocenters. The van der Waals surface area contributed by atoms with E-state index in [0.29, 0.717) is 18.5 Å². The molecule has 0 aromatic heterocycles. The van der Waals surface area contributed by atoms with Gasteiger partial charge in [-0.3, -0.25) is 19.8 Å². The molecule has 3 N–H and O–H groups in total. The number of urea groups is 2. The number of imide groups is 2. The number of nitrogens with one attached hydrogen (secondary N) is 3. The Morgan fingerprint density at radius 3 is 2.46 bits per heavy atom. The van der Waals surface area contributed by atoms with Gasteiger partial charge in [0.1, 0.15) is 12.1 Å². The molecule has 8 heteroatoms. The second kappa shape index (κ2) is 8.46. The van der Waals surface area contributed by atoms with Crippen LogP contribution < -0.4 is 16.0 Å². The van der Waals surface area contributed by atoms with Crippen LogP contribution in [0.25, 0.3) is 0 Å². The van der Waals surface area contributed by atoms with Crippen molar-refractivity contribution in [3.8, 4) is 0 Å². The third-order valence-corrected chi connectivity index (χ3v) is 4.34. The van der Waals surface area contributed by atoms with E-state index in [1.54, 1.807) is 31.2 Å². The third-order valence-electron chi connectivity index (χ3n) is 4.34. The van der Waals surface area contributed by atoms with Crippen LogP contribution in [0.2, 0.25) is 0 Å². The maximum Gasteiger partial charge on any atom is 0.325 e. The lowest BCUT2D eigenvalue weighted by molar-refractivity contribution is -0.135. The first-order chi connectivity index (χ1) is 12.4. The Morgan fingerprint density at radius 1 is 1.15 bits per heavy atom. The zero-order valence-electron chi connectivity index (χ0n) is 15.0. The molecule has 1 atom stereocenters. The number of amides is 6. The molecular weight excluding hydrogens is 336 g/mol. The molecule has 0 aliphatic carbocycles. The van der Waals surface area contributed by atoms with Crippen LogP contribution in [0.4, 0.5) is 9.59 Å². The van der Waals surface area contributed by atoms with Gasteiger partial charge in [-0.1, -0.05) is 50.6 Å². The van der Waals surface area contributed by atoms with Gasteiger partial charge in [0, 0.05) is 6.54 Å². The largest absolute Gasteiger partial charge is 0.338 e. The summed E-state index contributed by atoms with van der Waals surface area (Å²) >= 11 is 0. The fourth-order valence-electron chi connectivity index (χ4n) is 2.86. The van der Waals surface area contributed by atoms with Crippen LogP contribution in [0, 0.1) is 0 Å². The van der Waals surface area contributed by atoms with Crippen molar-refractivity contribution in [2.75, 3.05) is 13.1 Å². The van der Waals surface area contributed by atoms with Gasteiger partial charge in [-0.2, -0.15) is 0 Å². The fraction of sp³-hybridized carbons (Fsp3) is 0.444. The minimum atomic E-state index is -1.19. The van der Waals surface area contributed by atoms with E-state index in [2.05, 4.69) is 16.0 Å². The van der Waals surface area contributed by atoms with Gasteiger partial charge >= 0.3 is 12.1 Å². The van der Waals surface area contributed by atoms with Gasteiger partial charge in [-0.15, -0.1) is 0 Å².